The van der Waals surface area contributed by atoms with Crippen LogP contribution in [0.5, 0.6) is 0 Å². The molecule has 0 aromatic rings. The average molecular weight is 288 g/mol. The molecule has 0 unspecified atom stereocenters. The molecule has 1 rings (SSSR count). The molecule has 0 aliphatic carbocycles. The van der Waals surface area contributed by atoms with Gasteiger partial charge in [-0.2, -0.15) is 0 Å². The smallest absolute Gasteiger partial charge is 0.407 e. The first-order valence-electron chi connectivity index (χ1n) is 6.56. The second-order valence-corrected chi connectivity index (χ2v) is 11.6. The number of hydrogen-bond acceptors (Lipinski definition) is 5. The van der Waals surface area contributed by atoms with Gasteiger partial charge in [-0.15, -0.1) is 0 Å². The summed E-state index contributed by atoms with van der Waals surface area (Å²) in [4.78, 5) is 22.9. The van der Waals surface area contributed by atoms with Gasteiger partial charge < -0.3 is 20.1 Å². The second kappa shape index (κ2) is 6.90. The Hall–Kier alpha value is -1.08. The van der Waals surface area contributed by atoms with Gasteiger partial charge >= 0.3 is 12.1 Å². The van der Waals surface area contributed by atoms with E-state index in [1.807, 2.05) is 0 Å². The standard InChI is InChI=1S/C12H24N2O4Si/c1-17-11(15)10-7-9(8-13-10)14-12(16)18-5-6-19(2,3)4/h9-10,13H,5-8H2,1-4H3,(H,14,16)/t9-,10+/m1/s1. The fourth-order valence-electron chi connectivity index (χ4n) is 1.83. The van der Waals surface area contributed by atoms with Crippen molar-refractivity contribution in [2.45, 2.75) is 44.2 Å². The van der Waals surface area contributed by atoms with Gasteiger partial charge in [0.1, 0.15) is 6.04 Å². The summed E-state index contributed by atoms with van der Waals surface area (Å²) in [6.45, 7) is 7.72. The van der Waals surface area contributed by atoms with Gasteiger partial charge in [0, 0.05) is 20.7 Å². The van der Waals surface area contributed by atoms with E-state index in [-0.39, 0.29) is 18.1 Å². The van der Waals surface area contributed by atoms with Gasteiger partial charge in [-0.05, 0) is 12.5 Å². The van der Waals surface area contributed by atoms with Crippen LogP contribution in [0.2, 0.25) is 25.7 Å². The summed E-state index contributed by atoms with van der Waals surface area (Å²) in [5.74, 6) is -0.295. The van der Waals surface area contributed by atoms with E-state index in [0.717, 1.165) is 6.04 Å². The maximum Gasteiger partial charge on any atom is 0.407 e. The first kappa shape index (κ1) is 16.0. The molecule has 1 amide bonds. The third-order valence-corrected chi connectivity index (χ3v) is 4.73. The summed E-state index contributed by atoms with van der Waals surface area (Å²) < 4.78 is 9.79. The monoisotopic (exact) mass is 288 g/mol. The Morgan fingerprint density at radius 2 is 2.05 bits per heavy atom. The fourth-order valence-corrected chi connectivity index (χ4v) is 2.54. The number of carbonyl (C=O) groups is 2. The van der Waals surface area contributed by atoms with Gasteiger partial charge in [-0.1, -0.05) is 19.6 Å². The van der Waals surface area contributed by atoms with Gasteiger partial charge in [-0.3, -0.25) is 4.79 Å². The van der Waals surface area contributed by atoms with Gasteiger partial charge in [-0.25, -0.2) is 4.79 Å². The molecule has 0 spiro atoms. The van der Waals surface area contributed by atoms with E-state index in [1.165, 1.54) is 7.11 Å². The molecule has 0 aromatic carbocycles. The largest absolute Gasteiger partial charge is 0.468 e. The molecule has 0 saturated carbocycles. The van der Waals surface area contributed by atoms with Crippen LogP contribution in [0, 0.1) is 0 Å². The van der Waals surface area contributed by atoms with E-state index < -0.39 is 14.2 Å². The van der Waals surface area contributed by atoms with Crippen LogP contribution < -0.4 is 10.6 Å². The van der Waals surface area contributed by atoms with Gasteiger partial charge in [0.05, 0.1) is 13.7 Å². The van der Waals surface area contributed by atoms with Crippen molar-refractivity contribution in [3.05, 3.63) is 0 Å². The van der Waals surface area contributed by atoms with E-state index >= 15 is 0 Å². The number of ether oxygens (including phenoxy) is 2. The molecular weight excluding hydrogens is 264 g/mol. The van der Waals surface area contributed by atoms with Crippen LogP contribution in [-0.2, 0) is 14.3 Å². The van der Waals surface area contributed by atoms with Crippen molar-refractivity contribution >= 4 is 20.1 Å². The van der Waals surface area contributed by atoms with Crippen molar-refractivity contribution in [3.8, 4) is 0 Å². The quantitative estimate of drug-likeness (QED) is 0.582. The van der Waals surface area contributed by atoms with Crippen LogP contribution >= 0.6 is 0 Å². The summed E-state index contributed by atoms with van der Waals surface area (Å²) in [6, 6.07) is 0.537. The Morgan fingerprint density at radius 1 is 1.37 bits per heavy atom. The van der Waals surface area contributed by atoms with Gasteiger partial charge in [0.25, 0.3) is 0 Å². The zero-order valence-electron chi connectivity index (χ0n) is 12.1. The van der Waals surface area contributed by atoms with Crippen LogP contribution in [0.3, 0.4) is 0 Å². The second-order valence-electron chi connectivity index (χ2n) is 6.01. The third kappa shape index (κ3) is 6.06. The molecule has 2 atom stereocenters. The number of nitrogens with one attached hydrogen (secondary N) is 2. The first-order chi connectivity index (χ1) is 8.81. The molecule has 6 nitrogen and oxygen atoms in total. The maximum absolute atomic E-state index is 11.6. The average Bonchev–Trinajstić information content (AvgIpc) is 2.74. The summed E-state index contributed by atoms with van der Waals surface area (Å²) >= 11 is 0. The van der Waals surface area contributed by atoms with Gasteiger partial charge in [0.2, 0.25) is 0 Å². The normalized spacial score (nSPS) is 22.9. The van der Waals surface area contributed by atoms with Crippen LogP contribution in [0.25, 0.3) is 0 Å². The predicted octanol–water partition coefficient (Wildman–Crippen LogP) is 0.954. The summed E-state index contributed by atoms with van der Waals surface area (Å²) in [5.41, 5.74) is 0. The molecule has 0 radical (unpaired) electrons. The molecule has 0 bridgehead atoms. The van der Waals surface area contributed by atoms with E-state index in [0.29, 0.717) is 19.6 Å². The van der Waals surface area contributed by atoms with Crippen LogP contribution in [0.1, 0.15) is 6.42 Å². The minimum atomic E-state index is -1.18. The summed E-state index contributed by atoms with van der Waals surface area (Å²) in [5, 5.41) is 5.76. The maximum atomic E-state index is 11.6. The van der Waals surface area contributed by atoms with E-state index in [9.17, 15) is 9.59 Å². The number of rotatable bonds is 5. The summed E-state index contributed by atoms with van der Waals surface area (Å²) in [7, 11) is 0.179. The Labute approximate surface area is 115 Å². The first-order valence-corrected chi connectivity index (χ1v) is 10.3. The van der Waals surface area contributed by atoms with Gasteiger partial charge in [0.15, 0.2) is 0 Å². The minimum absolute atomic E-state index is 0.0801. The molecule has 0 aromatic heterocycles. The van der Waals surface area contributed by atoms with Crippen molar-refractivity contribution in [2.24, 2.45) is 0 Å². The Bertz CT molecular complexity index is 330. The highest BCUT2D eigenvalue weighted by atomic mass is 28.3. The lowest BCUT2D eigenvalue weighted by Gasteiger charge is -2.16. The van der Waals surface area contributed by atoms with E-state index in [2.05, 4.69) is 35.0 Å². The van der Waals surface area contributed by atoms with E-state index in [1.54, 1.807) is 0 Å². The number of amides is 1. The molecular formula is C12H24N2O4Si. The zero-order valence-corrected chi connectivity index (χ0v) is 13.1. The lowest BCUT2D eigenvalue weighted by molar-refractivity contribution is -0.142. The summed E-state index contributed by atoms with van der Waals surface area (Å²) in [6.07, 6.45) is 0.131. The molecule has 1 fully saturated rings. The SMILES string of the molecule is COC(=O)[C@@H]1C[C@@H](NC(=O)OCC[Si](C)(C)C)CN1. The molecule has 1 saturated heterocycles. The van der Waals surface area contributed by atoms with Crippen LogP contribution in [-0.4, -0.2) is 52.5 Å². The van der Waals surface area contributed by atoms with Crippen LogP contribution in [0.15, 0.2) is 0 Å². The van der Waals surface area contributed by atoms with Crippen molar-refractivity contribution in [3.63, 3.8) is 0 Å². The highest BCUT2D eigenvalue weighted by Gasteiger charge is 2.31. The number of esters is 1. The number of methoxy groups -OCH3 is 1. The number of alkyl carbamates (subject to hydrolysis) is 1. The molecule has 1 aliphatic rings. The molecule has 7 heteroatoms. The fraction of sp³-hybridized carbons (Fsp3) is 0.833. The Kier molecular flexibility index (Phi) is 5.80. The Balaban J connectivity index is 2.22. The molecule has 110 valence electrons. The minimum Gasteiger partial charge on any atom is -0.468 e. The lowest BCUT2D eigenvalue weighted by atomic mass is 10.2. The van der Waals surface area contributed by atoms with Crippen LogP contribution in [0.4, 0.5) is 4.79 Å². The van der Waals surface area contributed by atoms with Crippen molar-refractivity contribution < 1.29 is 19.1 Å². The highest BCUT2D eigenvalue weighted by Crippen LogP contribution is 2.09. The lowest BCUT2D eigenvalue weighted by Crippen LogP contribution is -2.37. The highest BCUT2D eigenvalue weighted by molar-refractivity contribution is 6.76. The van der Waals surface area contributed by atoms with E-state index in [4.69, 9.17) is 4.74 Å². The van der Waals surface area contributed by atoms with Crippen molar-refractivity contribution in [1.82, 2.24) is 10.6 Å². The third-order valence-electron chi connectivity index (χ3n) is 3.02. The predicted molar refractivity (Wildman–Crippen MR) is 74.8 cm³/mol. The Morgan fingerprint density at radius 3 is 2.63 bits per heavy atom. The van der Waals surface area contributed by atoms with Crippen molar-refractivity contribution in [2.75, 3.05) is 20.3 Å². The number of hydrogen-bond donors (Lipinski definition) is 2. The molecule has 1 heterocycles. The van der Waals surface area contributed by atoms with Crippen molar-refractivity contribution in [1.29, 1.82) is 0 Å². The molecule has 2 N–H and O–H groups in total. The zero-order chi connectivity index (χ0) is 14.5. The molecule has 1 aliphatic heterocycles. The topological polar surface area (TPSA) is 76.7 Å². The number of carbonyl (C=O) groups excluding carboxylic acids is 2. The molecule has 19 heavy (non-hydrogen) atoms.